The minimum Gasteiger partial charge on any atom is -0.455 e. The van der Waals surface area contributed by atoms with Gasteiger partial charge in [-0.3, -0.25) is 27.5 Å². The summed E-state index contributed by atoms with van der Waals surface area (Å²) >= 11 is 0. The van der Waals surface area contributed by atoms with E-state index in [-0.39, 0.29) is 48.2 Å². The molecule has 2 aromatic carbocycles. The predicted octanol–water partition coefficient (Wildman–Crippen LogP) is 0.607. The number of aliphatic hydroxyl groups is 2. The second-order valence-corrected chi connectivity index (χ2v) is 20.3. The minimum absolute atomic E-state index is 0.0105. The zero-order valence-electron chi connectivity index (χ0n) is 40.9. The summed E-state index contributed by atoms with van der Waals surface area (Å²) in [5.41, 5.74) is 12.6. The molecule has 8 rings (SSSR count). The lowest BCUT2D eigenvalue weighted by Crippen LogP contribution is -2.47. The topological polar surface area (TPSA) is 422 Å². The Hall–Kier alpha value is -7.38. The number of phosphoric ester groups is 2. The van der Waals surface area contributed by atoms with E-state index in [1.807, 2.05) is 0 Å². The van der Waals surface area contributed by atoms with Crippen molar-refractivity contribution in [2.45, 2.75) is 74.6 Å². The van der Waals surface area contributed by atoms with Crippen molar-refractivity contribution in [2.75, 3.05) is 49.0 Å². The number of rotatable bonds is 21. The first kappa shape index (κ1) is 56.8. The lowest BCUT2D eigenvalue weighted by molar-refractivity contribution is -0.159. The number of aliphatic hydroxyl groups excluding tert-OH is 2. The highest BCUT2D eigenvalue weighted by molar-refractivity contribution is 7.47. The van der Waals surface area contributed by atoms with E-state index in [1.54, 1.807) is 55.4 Å². The van der Waals surface area contributed by atoms with Crippen LogP contribution in [0.5, 0.6) is 0 Å². The van der Waals surface area contributed by atoms with Gasteiger partial charge in [0.25, 0.3) is 0 Å². The van der Waals surface area contributed by atoms with Crippen LogP contribution in [0.15, 0.2) is 96.6 Å². The predicted molar refractivity (Wildman–Crippen MR) is 266 cm³/mol. The maximum Gasteiger partial charge on any atom is 0.472 e. The van der Waals surface area contributed by atoms with Gasteiger partial charge in [0.05, 0.1) is 26.0 Å². The molecular formula is C45H51FN12O18P2. The molecule has 78 heavy (non-hydrogen) atoms. The largest absolute Gasteiger partial charge is 0.472 e. The van der Waals surface area contributed by atoms with E-state index in [4.69, 9.17) is 39.5 Å². The molecule has 2 saturated heterocycles. The lowest BCUT2D eigenvalue weighted by atomic mass is 10.1. The van der Waals surface area contributed by atoms with Crippen molar-refractivity contribution in [2.24, 2.45) is 0 Å². The number of phosphoric acid groups is 2. The first-order valence-electron chi connectivity index (χ1n) is 23.2. The van der Waals surface area contributed by atoms with E-state index in [9.17, 15) is 57.6 Å². The molecule has 30 nitrogen and oxygen atoms in total. The standard InChI is InChI=1S/C45H51FN12O18P2/c1-56(2)32-12-7-25(17-49-32)15-28(54-45(64)70-18-24-5-10-27(11-6-24)53-33(59)16-23-3-8-26(46)9-4-23)43(62)75-37-29(73-42(35(37)60)58-22-52-34-39(48)50-21-51-40(34)58)20-72-78(68,69)76-38-30(19-71-77(65,66)67)74-41(36(38)61)57-14-13-31(47)55-44(57)63/h3-14,17,21-22,28-30,35-38,41-42,60-61H,15-16,18-20H2,1-2H3,(H,53,59)(H,54,64)(H,68,69)(H2,47,55,63)(H2,48,50,51)(H2,65,66,67)/t28-,29+,30+,35+,36+,37+,38+,41+,42+/m0/s1. The highest BCUT2D eigenvalue weighted by atomic mass is 31.2. The fraction of sp³-hybridized carbons (Fsp3) is 0.356. The number of benzene rings is 2. The summed E-state index contributed by atoms with van der Waals surface area (Å²) in [6.45, 7) is -2.42. The number of ether oxygens (including phenoxy) is 4. The number of aromatic nitrogens is 7. The van der Waals surface area contributed by atoms with Crippen molar-refractivity contribution in [3.8, 4) is 0 Å². The Balaban J connectivity index is 0.997. The summed E-state index contributed by atoms with van der Waals surface area (Å²) in [7, 11) is -7.23. The number of pyridine rings is 1. The number of alkyl carbamates (subject to hydrolysis) is 1. The molecule has 0 radical (unpaired) electrons. The fourth-order valence-corrected chi connectivity index (χ4v) is 9.40. The molecule has 11 N–H and O–H groups in total. The average molecular weight is 1130 g/mol. The van der Waals surface area contributed by atoms with Crippen molar-refractivity contribution in [3.05, 3.63) is 125 Å². The number of imidazole rings is 1. The number of nitrogens with one attached hydrogen (secondary N) is 2. The number of carbonyl (C=O) groups excluding carboxylic acids is 3. The molecule has 2 aliphatic heterocycles. The number of nitrogens with zero attached hydrogens (tertiary/aromatic N) is 8. The van der Waals surface area contributed by atoms with Crippen LogP contribution < -0.4 is 32.7 Å². The number of hydrogen-bond acceptors (Lipinski definition) is 23. The summed E-state index contributed by atoms with van der Waals surface area (Å²) in [6.07, 6.45) is -11.1. The summed E-state index contributed by atoms with van der Waals surface area (Å²) in [5.74, 6) is -1.69. The van der Waals surface area contributed by atoms with E-state index in [2.05, 4.69) is 40.1 Å². The van der Waals surface area contributed by atoms with Crippen LogP contribution >= 0.6 is 15.6 Å². The van der Waals surface area contributed by atoms with Gasteiger partial charge in [0.1, 0.15) is 72.5 Å². The highest BCUT2D eigenvalue weighted by Crippen LogP contribution is 2.50. The summed E-state index contributed by atoms with van der Waals surface area (Å²) < 4.78 is 78.9. The van der Waals surface area contributed by atoms with Crippen molar-refractivity contribution in [1.29, 1.82) is 0 Å². The Labute approximate surface area is 439 Å². The van der Waals surface area contributed by atoms with E-state index >= 15 is 0 Å². The van der Waals surface area contributed by atoms with E-state index < -0.39 is 108 Å². The van der Waals surface area contributed by atoms with Crippen LogP contribution in [0.1, 0.15) is 29.1 Å². The normalized spacial score (nSPS) is 22.4. The van der Waals surface area contributed by atoms with Crippen LogP contribution in [0, 0.1) is 5.82 Å². The SMILES string of the molecule is CN(C)c1ccc(C[C@H](NC(=O)OCc2ccc(NC(=O)Cc3ccc(F)cc3)cc2)C(=O)O[C@H]2[C@@H](O)[C@H](n3cnc4c(N)ncnc43)O[C@@H]2COP(=O)(O)O[C@H]2[C@@H](O)[C@H](n3ccc(N)nc3=O)O[C@@H]2COP(=O)(O)O)cn1. The third-order valence-electron chi connectivity index (χ3n) is 11.9. The van der Waals surface area contributed by atoms with E-state index in [0.717, 1.165) is 23.2 Å². The fourth-order valence-electron chi connectivity index (χ4n) is 8.10. The van der Waals surface area contributed by atoms with Crippen LogP contribution in [-0.4, -0.2) is 147 Å². The van der Waals surface area contributed by atoms with Crippen LogP contribution in [0.4, 0.5) is 32.3 Å². The summed E-state index contributed by atoms with van der Waals surface area (Å²) in [4.78, 5) is 105. The van der Waals surface area contributed by atoms with Crippen molar-refractivity contribution in [1.82, 2.24) is 39.4 Å². The Morgan fingerprint density at radius 3 is 2.15 bits per heavy atom. The number of amides is 2. The highest BCUT2D eigenvalue weighted by Gasteiger charge is 2.52. The van der Waals surface area contributed by atoms with Gasteiger partial charge in [-0.05, 0) is 53.1 Å². The lowest BCUT2D eigenvalue weighted by Gasteiger charge is -2.26. The monoisotopic (exact) mass is 1130 g/mol. The van der Waals surface area contributed by atoms with Crippen LogP contribution in [0.25, 0.3) is 11.2 Å². The molecule has 0 saturated carbocycles. The molecule has 1 unspecified atom stereocenters. The zero-order valence-corrected chi connectivity index (χ0v) is 42.7. The molecule has 0 aliphatic carbocycles. The molecule has 4 aromatic heterocycles. The number of anilines is 4. The van der Waals surface area contributed by atoms with Crippen LogP contribution in [0.3, 0.4) is 0 Å². The zero-order chi connectivity index (χ0) is 56.1. The van der Waals surface area contributed by atoms with Gasteiger partial charge in [0.15, 0.2) is 30.0 Å². The van der Waals surface area contributed by atoms with Gasteiger partial charge in [-0.15, -0.1) is 0 Å². The number of nitrogens with two attached hydrogens (primary N) is 2. The van der Waals surface area contributed by atoms with Crippen molar-refractivity contribution in [3.63, 3.8) is 0 Å². The minimum atomic E-state index is -5.51. The molecule has 0 spiro atoms. The molecule has 2 fully saturated rings. The second-order valence-electron chi connectivity index (χ2n) is 17.7. The van der Waals surface area contributed by atoms with E-state index in [0.29, 0.717) is 28.2 Å². The number of carbonyl (C=O) groups is 3. The molecule has 6 heterocycles. The van der Waals surface area contributed by atoms with E-state index in [1.165, 1.54) is 41.4 Å². The van der Waals surface area contributed by atoms with Gasteiger partial charge < -0.3 is 70.8 Å². The molecule has 416 valence electrons. The van der Waals surface area contributed by atoms with Gasteiger partial charge in [0, 0.05) is 38.6 Å². The third kappa shape index (κ3) is 14.2. The number of halogens is 1. The number of esters is 1. The first-order chi connectivity index (χ1) is 37.0. The summed E-state index contributed by atoms with van der Waals surface area (Å²) in [5, 5.41) is 28.4. The van der Waals surface area contributed by atoms with Gasteiger partial charge in [-0.2, -0.15) is 4.98 Å². The number of hydrogen-bond donors (Lipinski definition) is 9. The molecule has 2 aliphatic rings. The molecule has 2 amide bonds. The Kier molecular flexibility index (Phi) is 17.6. The Bertz CT molecular complexity index is 3260. The van der Waals surface area contributed by atoms with Gasteiger partial charge in [-0.25, -0.2) is 47.8 Å². The third-order valence-corrected chi connectivity index (χ3v) is 13.4. The smallest absolute Gasteiger partial charge is 0.455 e. The van der Waals surface area contributed by atoms with Crippen LogP contribution in [-0.2, 0) is 70.7 Å². The maximum absolute atomic E-state index is 14.4. The summed E-state index contributed by atoms with van der Waals surface area (Å²) in [6, 6.07) is 14.6. The number of nitrogen functional groups attached to an aromatic ring is 2. The second kappa shape index (κ2) is 24.1. The quantitative estimate of drug-likeness (QED) is 0.0352. The van der Waals surface area contributed by atoms with Crippen LogP contribution in [0.2, 0.25) is 0 Å². The first-order valence-corrected chi connectivity index (χ1v) is 26.2. The van der Waals surface area contributed by atoms with Crippen molar-refractivity contribution < 1.29 is 85.3 Å². The molecule has 6 aromatic rings. The number of fused-ring (bicyclic) bond motifs is 1. The van der Waals surface area contributed by atoms with Gasteiger partial charge >= 0.3 is 33.4 Å². The van der Waals surface area contributed by atoms with Crippen molar-refractivity contribution >= 4 is 67.9 Å². The molecule has 0 bridgehead atoms. The average Bonchev–Trinajstić information content (AvgIpc) is 4.08. The molecule has 10 atom stereocenters. The molecular weight excluding hydrogens is 1080 g/mol. The van der Waals surface area contributed by atoms with Gasteiger partial charge in [-0.1, -0.05) is 30.3 Å². The Morgan fingerprint density at radius 2 is 1.49 bits per heavy atom. The molecule has 33 heteroatoms. The maximum atomic E-state index is 14.4. The Morgan fingerprint density at radius 1 is 0.833 bits per heavy atom. The van der Waals surface area contributed by atoms with Gasteiger partial charge in [0.2, 0.25) is 5.91 Å².